The number of aromatic nitrogens is 5. The highest BCUT2D eigenvalue weighted by atomic mass is 35.5. The number of aryl methyl sites for hydroxylation is 1. The molecule has 0 bridgehead atoms. The molecule has 36 heavy (non-hydrogen) atoms. The maximum atomic E-state index is 14.5. The fraction of sp³-hybridized carbons (Fsp3) is 0.273. The molecule has 0 N–H and O–H groups in total. The summed E-state index contributed by atoms with van der Waals surface area (Å²) in [6, 6.07) is 5.89. The van der Waals surface area contributed by atoms with E-state index in [2.05, 4.69) is 15.2 Å². The minimum Gasteiger partial charge on any atom is -0.334 e. The van der Waals surface area contributed by atoms with Crippen molar-refractivity contribution in [3.8, 4) is 11.3 Å². The molecule has 0 saturated heterocycles. The van der Waals surface area contributed by atoms with Gasteiger partial charge in [-0.15, -0.1) is 0 Å². The number of alkyl halides is 5. The number of carbonyl (C=O) groups excluding carboxylic acids is 1. The number of nitrogens with zero attached hydrogens (tertiary/aromatic N) is 6. The molecule has 3 aromatic heterocycles. The molecule has 3 heterocycles. The predicted molar refractivity (Wildman–Crippen MR) is 117 cm³/mol. The van der Waals surface area contributed by atoms with Gasteiger partial charge in [-0.05, 0) is 37.3 Å². The molecular weight excluding hydrogens is 514 g/mol. The van der Waals surface area contributed by atoms with E-state index in [-0.39, 0.29) is 22.3 Å². The fourth-order valence-electron chi connectivity index (χ4n) is 3.53. The lowest BCUT2D eigenvalue weighted by Crippen LogP contribution is -2.36. The van der Waals surface area contributed by atoms with Crippen LogP contribution in [0.4, 0.5) is 26.3 Å². The molecule has 0 aliphatic rings. The summed E-state index contributed by atoms with van der Waals surface area (Å²) in [6.45, 7) is 2.24. The number of hydrogen-bond donors (Lipinski definition) is 0. The molecule has 0 fully saturated rings. The van der Waals surface area contributed by atoms with Gasteiger partial charge in [0.25, 0.3) is 5.91 Å². The number of amides is 1. The van der Waals surface area contributed by atoms with Crippen molar-refractivity contribution in [3.63, 3.8) is 0 Å². The second kappa shape index (κ2) is 9.12. The van der Waals surface area contributed by atoms with Crippen LogP contribution in [0.2, 0.25) is 5.02 Å². The fourth-order valence-corrected chi connectivity index (χ4v) is 3.73. The first-order chi connectivity index (χ1) is 16.8. The van der Waals surface area contributed by atoms with Gasteiger partial charge in [0.2, 0.25) is 0 Å². The van der Waals surface area contributed by atoms with Crippen molar-refractivity contribution in [1.82, 2.24) is 29.3 Å². The first kappa shape index (κ1) is 25.5. The molecule has 0 radical (unpaired) electrons. The quantitative estimate of drug-likeness (QED) is 0.316. The van der Waals surface area contributed by atoms with Crippen LogP contribution in [0.5, 0.6) is 0 Å². The summed E-state index contributed by atoms with van der Waals surface area (Å²) < 4.78 is 84.0. The highest BCUT2D eigenvalue weighted by Gasteiger charge is 2.60. The van der Waals surface area contributed by atoms with E-state index in [4.69, 9.17) is 11.6 Å². The molecule has 7 nitrogen and oxygen atoms in total. The summed E-state index contributed by atoms with van der Waals surface area (Å²) in [4.78, 5) is 18.2. The lowest BCUT2D eigenvalue weighted by molar-refractivity contribution is -0.291. The Kier molecular flexibility index (Phi) is 6.45. The van der Waals surface area contributed by atoms with E-state index < -0.39 is 40.9 Å². The Labute approximate surface area is 204 Å². The van der Waals surface area contributed by atoms with Gasteiger partial charge in [-0.2, -0.15) is 32.1 Å². The Balaban J connectivity index is 1.80. The minimum atomic E-state index is -5.95. The predicted octanol–water partition coefficient (Wildman–Crippen LogP) is 5.33. The van der Waals surface area contributed by atoms with E-state index >= 15 is 0 Å². The summed E-state index contributed by atoms with van der Waals surface area (Å²) in [5.74, 6) is -6.74. The molecular formula is C22H17ClF6N6O. The molecule has 190 valence electrons. The zero-order chi connectivity index (χ0) is 26.4. The number of carbonyl (C=O) groups is 1. The lowest BCUT2D eigenvalue weighted by atomic mass is 10.1. The van der Waals surface area contributed by atoms with E-state index in [9.17, 15) is 31.1 Å². The van der Waals surface area contributed by atoms with Crippen LogP contribution in [0.25, 0.3) is 16.9 Å². The molecule has 14 heteroatoms. The second-order valence-electron chi connectivity index (χ2n) is 7.82. The molecule has 0 spiro atoms. The molecule has 1 aromatic carbocycles. The van der Waals surface area contributed by atoms with Crippen LogP contribution in [0.15, 0.2) is 42.6 Å². The summed E-state index contributed by atoms with van der Waals surface area (Å²) in [7, 11) is 1.39. The normalized spacial score (nSPS) is 12.4. The van der Waals surface area contributed by atoms with Crippen LogP contribution in [-0.2, 0) is 19.0 Å². The molecule has 0 unspecified atom stereocenters. The third kappa shape index (κ3) is 4.50. The number of rotatable bonds is 6. The van der Waals surface area contributed by atoms with Gasteiger partial charge in [0.1, 0.15) is 11.5 Å². The van der Waals surface area contributed by atoms with Crippen LogP contribution >= 0.6 is 11.6 Å². The zero-order valence-corrected chi connectivity index (χ0v) is 19.4. The summed E-state index contributed by atoms with van der Waals surface area (Å²) >= 11 is 6.12. The van der Waals surface area contributed by atoms with Gasteiger partial charge in [0.05, 0.1) is 29.2 Å². The average molecular weight is 531 g/mol. The average Bonchev–Trinajstić information content (AvgIpc) is 3.40. The number of benzene rings is 1. The van der Waals surface area contributed by atoms with Crippen LogP contribution in [0.3, 0.4) is 0 Å². The van der Waals surface area contributed by atoms with Gasteiger partial charge in [-0.1, -0.05) is 11.6 Å². The van der Waals surface area contributed by atoms with E-state index in [0.717, 1.165) is 18.2 Å². The Morgan fingerprint density at radius 2 is 1.78 bits per heavy atom. The molecule has 0 aliphatic heterocycles. The highest BCUT2D eigenvalue weighted by molar-refractivity contribution is 6.31. The van der Waals surface area contributed by atoms with Gasteiger partial charge in [-0.25, -0.2) is 13.9 Å². The Hall–Kier alpha value is -3.61. The van der Waals surface area contributed by atoms with Gasteiger partial charge >= 0.3 is 12.1 Å². The number of hydrogen-bond acceptors (Lipinski definition) is 4. The molecule has 4 aromatic rings. The van der Waals surface area contributed by atoms with E-state index in [1.165, 1.54) is 30.3 Å². The van der Waals surface area contributed by atoms with Gasteiger partial charge < -0.3 is 4.90 Å². The Morgan fingerprint density at radius 1 is 1.11 bits per heavy atom. The van der Waals surface area contributed by atoms with Gasteiger partial charge in [0.15, 0.2) is 11.3 Å². The van der Waals surface area contributed by atoms with Crippen LogP contribution in [-0.4, -0.2) is 48.4 Å². The smallest absolute Gasteiger partial charge is 0.334 e. The van der Waals surface area contributed by atoms with E-state index in [1.54, 1.807) is 4.68 Å². The molecule has 0 atom stereocenters. The van der Waals surface area contributed by atoms with Crippen molar-refractivity contribution in [1.29, 1.82) is 0 Å². The molecule has 4 rings (SSSR count). The standard InChI is InChI=1S/C22H17ClF6N6O/c1-3-34-17(14(23)10-30-34)11-33(2)20(36)16-9-19-31-15(12-4-6-13(24)7-5-12)8-18(35(19)32-16)21(25,26)22(27,28)29/h4-10H,3,11H2,1-2H3. The maximum absolute atomic E-state index is 14.5. The summed E-state index contributed by atoms with van der Waals surface area (Å²) in [6.07, 6.45) is -4.56. The third-order valence-electron chi connectivity index (χ3n) is 5.39. The van der Waals surface area contributed by atoms with Gasteiger partial charge in [-0.3, -0.25) is 9.48 Å². The van der Waals surface area contributed by atoms with Crippen molar-refractivity contribution >= 4 is 23.2 Å². The molecule has 0 saturated carbocycles. The first-order valence-electron chi connectivity index (χ1n) is 10.4. The van der Waals surface area contributed by atoms with Crippen molar-refractivity contribution in [3.05, 3.63) is 70.5 Å². The lowest BCUT2D eigenvalue weighted by Gasteiger charge is -2.21. The SMILES string of the molecule is CCn1ncc(Cl)c1CN(C)C(=O)c1cc2nc(-c3ccc(F)cc3)cc(C(F)(F)C(F)(F)F)n2n1. The summed E-state index contributed by atoms with van der Waals surface area (Å²) in [5.41, 5.74) is -2.09. The van der Waals surface area contributed by atoms with Gasteiger partial charge in [0, 0.05) is 25.2 Å². The maximum Gasteiger partial charge on any atom is 0.459 e. The monoisotopic (exact) mass is 530 g/mol. The molecule has 0 aliphatic carbocycles. The van der Waals surface area contributed by atoms with E-state index in [1.807, 2.05) is 6.92 Å². The zero-order valence-electron chi connectivity index (χ0n) is 18.7. The van der Waals surface area contributed by atoms with Crippen LogP contribution < -0.4 is 0 Å². The highest BCUT2D eigenvalue weighted by Crippen LogP contribution is 2.44. The summed E-state index contributed by atoms with van der Waals surface area (Å²) in [5, 5.41) is 8.08. The number of fused-ring (bicyclic) bond motifs is 1. The van der Waals surface area contributed by atoms with Crippen molar-refractivity contribution in [2.24, 2.45) is 0 Å². The number of halogens is 7. The van der Waals surface area contributed by atoms with Crippen molar-refractivity contribution in [2.45, 2.75) is 32.1 Å². The van der Waals surface area contributed by atoms with Crippen LogP contribution in [0, 0.1) is 5.82 Å². The van der Waals surface area contributed by atoms with Crippen molar-refractivity contribution < 1.29 is 31.1 Å². The minimum absolute atomic E-state index is 0.0286. The second-order valence-corrected chi connectivity index (χ2v) is 8.23. The van der Waals surface area contributed by atoms with Crippen LogP contribution in [0.1, 0.15) is 28.8 Å². The largest absolute Gasteiger partial charge is 0.459 e. The first-order valence-corrected chi connectivity index (χ1v) is 10.8. The van der Waals surface area contributed by atoms with Crippen molar-refractivity contribution in [2.75, 3.05) is 7.05 Å². The Morgan fingerprint density at radius 3 is 2.39 bits per heavy atom. The molecule has 1 amide bonds. The third-order valence-corrected chi connectivity index (χ3v) is 5.71. The van der Waals surface area contributed by atoms with E-state index in [0.29, 0.717) is 23.3 Å². The topological polar surface area (TPSA) is 68.3 Å². The Bertz CT molecular complexity index is 1430.